The molecule has 2 rings (SSSR count). The SMILES string of the molecule is Cc1c2ccccc2cc[n+]1CC#N. The fourth-order valence-electron chi connectivity index (χ4n) is 1.66. The summed E-state index contributed by atoms with van der Waals surface area (Å²) in [7, 11) is 0. The van der Waals surface area contributed by atoms with Crippen molar-refractivity contribution < 1.29 is 4.57 Å². The average molecular weight is 183 g/mol. The maximum absolute atomic E-state index is 8.65. The topological polar surface area (TPSA) is 27.7 Å². The third kappa shape index (κ3) is 1.33. The maximum atomic E-state index is 8.65. The molecule has 0 bridgehead atoms. The number of pyridine rings is 1. The van der Waals surface area contributed by atoms with Crippen LogP contribution in [0.1, 0.15) is 5.69 Å². The summed E-state index contributed by atoms with van der Waals surface area (Å²) in [6, 6.07) is 12.4. The Hall–Kier alpha value is -1.88. The molecule has 0 aliphatic heterocycles. The minimum atomic E-state index is 0.413. The fourth-order valence-corrected chi connectivity index (χ4v) is 1.66. The molecule has 0 saturated carbocycles. The maximum Gasteiger partial charge on any atom is 0.234 e. The molecule has 0 aliphatic rings. The van der Waals surface area contributed by atoms with E-state index < -0.39 is 0 Å². The largest absolute Gasteiger partial charge is 0.234 e. The van der Waals surface area contributed by atoms with Crippen LogP contribution in [0.4, 0.5) is 0 Å². The first-order valence-corrected chi connectivity index (χ1v) is 4.57. The van der Waals surface area contributed by atoms with Gasteiger partial charge >= 0.3 is 0 Å². The lowest BCUT2D eigenvalue weighted by Gasteiger charge is -2.00. The number of hydrogen-bond acceptors (Lipinski definition) is 1. The number of nitrogens with zero attached hydrogens (tertiary/aromatic N) is 2. The van der Waals surface area contributed by atoms with Crippen molar-refractivity contribution in [2.75, 3.05) is 0 Å². The molecule has 0 aliphatic carbocycles. The fraction of sp³-hybridized carbons (Fsp3) is 0.167. The number of rotatable bonds is 1. The van der Waals surface area contributed by atoms with Crippen molar-refractivity contribution in [3.63, 3.8) is 0 Å². The number of nitriles is 1. The van der Waals surface area contributed by atoms with Gasteiger partial charge in [-0.2, -0.15) is 9.83 Å². The van der Waals surface area contributed by atoms with Crippen molar-refractivity contribution in [3.05, 3.63) is 42.2 Å². The van der Waals surface area contributed by atoms with E-state index in [-0.39, 0.29) is 0 Å². The van der Waals surface area contributed by atoms with Crippen LogP contribution in [-0.4, -0.2) is 0 Å². The Bertz CT molecular complexity index is 509. The second-order valence-electron chi connectivity index (χ2n) is 3.27. The molecule has 2 nitrogen and oxygen atoms in total. The van der Waals surface area contributed by atoms with Crippen LogP contribution in [0.3, 0.4) is 0 Å². The Morgan fingerprint density at radius 2 is 2.07 bits per heavy atom. The smallest absolute Gasteiger partial charge is 0.191 e. The Labute approximate surface area is 83.0 Å². The summed E-state index contributed by atoms with van der Waals surface area (Å²) in [6.45, 7) is 2.45. The average Bonchev–Trinajstić information content (AvgIpc) is 2.23. The number of fused-ring (bicyclic) bond motifs is 1. The van der Waals surface area contributed by atoms with Gasteiger partial charge in [0.2, 0.25) is 6.54 Å². The van der Waals surface area contributed by atoms with Crippen LogP contribution in [0, 0.1) is 18.3 Å². The summed E-state index contributed by atoms with van der Waals surface area (Å²) in [5.41, 5.74) is 1.14. The molecule has 2 heteroatoms. The quantitative estimate of drug-likeness (QED) is 0.621. The minimum Gasteiger partial charge on any atom is -0.191 e. The van der Waals surface area contributed by atoms with Crippen LogP contribution in [0.15, 0.2) is 36.5 Å². The highest BCUT2D eigenvalue weighted by atomic mass is 14.9. The van der Waals surface area contributed by atoms with Gasteiger partial charge in [-0.05, 0) is 11.5 Å². The van der Waals surface area contributed by atoms with Gasteiger partial charge in [-0.1, -0.05) is 18.2 Å². The van der Waals surface area contributed by atoms with Gasteiger partial charge in [-0.25, -0.2) is 0 Å². The molecule has 0 spiro atoms. The van der Waals surface area contributed by atoms with E-state index in [1.165, 1.54) is 10.8 Å². The molecule has 2 aromatic rings. The molecule has 1 heterocycles. The Morgan fingerprint density at radius 1 is 1.29 bits per heavy atom. The summed E-state index contributed by atoms with van der Waals surface area (Å²) in [4.78, 5) is 0. The molecule has 1 aromatic carbocycles. The van der Waals surface area contributed by atoms with Crippen molar-refractivity contribution in [1.82, 2.24) is 0 Å². The predicted octanol–water partition coefficient (Wildman–Crippen LogP) is 1.96. The van der Waals surface area contributed by atoms with Gasteiger partial charge < -0.3 is 0 Å². The van der Waals surface area contributed by atoms with E-state index >= 15 is 0 Å². The van der Waals surface area contributed by atoms with Gasteiger partial charge in [0.15, 0.2) is 11.9 Å². The molecule has 14 heavy (non-hydrogen) atoms. The first-order chi connectivity index (χ1) is 6.83. The predicted molar refractivity (Wildman–Crippen MR) is 54.5 cm³/mol. The van der Waals surface area contributed by atoms with Crippen LogP contribution >= 0.6 is 0 Å². The van der Waals surface area contributed by atoms with Gasteiger partial charge in [0.05, 0.1) is 0 Å². The molecule has 0 radical (unpaired) electrons. The van der Waals surface area contributed by atoms with E-state index in [2.05, 4.69) is 18.2 Å². The van der Waals surface area contributed by atoms with Crippen LogP contribution < -0.4 is 4.57 Å². The minimum absolute atomic E-state index is 0.413. The number of aryl methyl sites for hydroxylation is 1. The van der Waals surface area contributed by atoms with E-state index in [9.17, 15) is 0 Å². The normalized spacial score (nSPS) is 10.0. The first kappa shape index (κ1) is 8.71. The van der Waals surface area contributed by atoms with Crippen LogP contribution in [-0.2, 0) is 6.54 Å². The van der Waals surface area contributed by atoms with Gasteiger partial charge in [0.25, 0.3) is 0 Å². The van der Waals surface area contributed by atoms with Crippen molar-refractivity contribution in [3.8, 4) is 6.07 Å². The summed E-state index contributed by atoms with van der Waals surface area (Å²) >= 11 is 0. The monoisotopic (exact) mass is 183 g/mol. The van der Waals surface area contributed by atoms with Gasteiger partial charge in [0, 0.05) is 18.4 Å². The van der Waals surface area contributed by atoms with E-state index in [1.54, 1.807) is 0 Å². The summed E-state index contributed by atoms with van der Waals surface area (Å²) < 4.78 is 1.96. The van der Waals surface area contributed by atoms with Crippen molar-refractivity contribution in [2.45, 2.75) is 13.5 Å². The highest BCUT2D eigenvalue weighted by Crippen LogP contribution is 2.13. The highest BCUT2D eigenvalue weighted by molar-refractivity contribution is 5.83. The van der Waals surface area contributed by atoms with E-state index in [0.717, 1.165) is 5.69 Å². The van der Waals surface area contributed by atoms with Crippen molar-refractivity contribution in [1.29, 1.82) is 5.26 Å². The van der Waals surface area contributed by atoms with Crippen LogP contribution in [0.2, 0.25) is 0 Å². The molecule has 0 saturated heterocycles. The Balaban J connectivity index is 2.70. The molecule has 0 unspecified atom stereocenters. The van der Waals surface area contributed by atoms with E-state index in [0.29, 0.717) is 6.54 Å². The molecule has 0 atom stereocenters. The van der Waals surface area contributed by atoms with E-state index in [1.807, 2.05) is 35.9 Å². The zero-order valence-electron chi connectivity index (χ0n) is 8.07. The summed E-state index contributed by atoms with van der Waals surface area (Å²) in [6.07, 6.45) is 1.96. The van der Waals surface area contributed by atoms with Gasteiger partial charge in [-0.3, -0.25) is 0 Å². The van der Waals surface area contributed by atoms with Crippen molar-refractivity contribution in [2.24, 2.45) is 0 Å². The Morgan fingerprint density at radius 3 is 2.86 bits per heavy atom. The second-order valence-corrected chi connectivity index (χ2v) is 3.27. The van der Waals surface area contributed by atoms with E-state index in [4.69, 9.17) is 5.26 Å². The number of benzene rings is 1. The lowest BCUT2D eigenvalue weighted by Crippen LogP contribution is -2.35. The molecule has 0 fully saturated rings. The van der Waals surface area contributed by atoms with Crippen LogP contribution in [0.5, 0.6) is 0 Å². The molecule has 0 N–H and O–H groups in total. The molecule has 1 aromatic heterocycles. The molecular formula is C12H11N2+. The summed E-state index contributed by atoms with van der Waals surface area (Å²) in [5.74, 6) is 0. The third-order valence-corrected chi connectivity index (χ3v) is 2.46. The third-order valence-electron chi connectivity index (χ3n) is 2.46. The lowest BCUT2D eigenvalue weighted by molar-refractivity contribution is -0.689. The highest BCUT2D eigenvalue weighted by Gasteiger charge is 2.08. The van der Waals surface area contributed by atoms with Gasteiger partial charge in [0.1, 0.15) is 6.07 Å². The first-order valence-electron chi connectivity index (χ1n) is 4.57. The van der Waals surface area contributed by atoms with Gasteiger partial charge in [-0.15, -0.1) is 0 Å². The summed E-state index contributed by atoms with van der Waals surface area (Å²) in [5, 5.41) is 11.1. The Kier molecular flexibility index (Phi) is 2.16. The molecular weight excluding hydrogens is 172 g/mol. The number of aromatic nitrogens is 1. The lowest BCUT2D eigenvalue weighted by atomic mass is 10.1. The molecule has 68 valence electrons. The number of hydrogen-bond donors (Lipinski definition) is 0. The second kappa shape index (κ2) is 3.47. The zero-order chi connectivity index (χ0) is 9.97. The van der Waals surface area contributed by atoms with Crippen LogP contribution in [0.25, 0.3) is 10.8 Å². The zero-order valence-corrected chi connectivity index (χ0v) is 8.07. The molecule has 0 amide bonds. The van der Waals surface area contributed by atoms with Crippen molar-refractivity contribution >= 4 is 10.8 Å². The standard InChI is InChI=1S/C12H11N2/c1-10-12-5-3-2-4-11(12)6-8-14(10)9-7-13/h2-6,8H,9H2,1H3/q+1.